The molecule has 4 nitrogen and oxygen atoms in total. The molecule has 0 bridgehead atoms. The molecule has 0 N–H and O–H groups in total. The van der Waals surface area contributed by atoms with Crippen LogP contribution in [-0.4, -0.2) is 19.0 Å². The first-order valence-corrected chi connectivity index (χ1v) is 8.57. The Morgan fingerprint density at radius 3 is 2.38 bits per heavy atom. The van der Waals surface area contributed by atoms with Crippen LogP contribution in [0.25, 0.3) is 0 Å². The number of carbonyl (C=O) groups excluding carboxylic acids is 2. The van der Waals surface area contributed by atoms with E-state index < -0.39 is 11.9 Å². The second-order valence-electron chi connectivity index (χ2n) is 5.95. The number of hydrogen-bond donors (Lipinski definition) is 0. The zero-order chi connectivity index (χ0) is 18.1. The summed E-state index contributed by atoms with van der Waals surface area (Å²) in [5.41, 5.74) is 1.71. The molecule has 0 saturated heterocycles. The average Bonchev–Trinajstić information content (AvgIpc) is 2.60. The summed E-state index contributed by atoms with van der Waals surface area (Å²) >= 11 is 0. The summed E-state index contributed by atoms with van der Waals surface area (Å²) in [5.74, 6) is -0.369. The lowest BCUT2D eigenvalue weighted by molar-refractivity contribution is -0.130. The van der Waals surface area contributed by atoms with E-state index in [-0.39, 0.29) is 11.3 Å². The molecular formula is C20H28O4. The number of methoxy groups -OCH3 is 1. The maximum Gasteiger partial charge on any atom is 0.341 e. The minimum Gasteiger partial charge on any atom is -0.465 e. The van der Waals surface area contributed by atoms with Gasteiger partial charge in [0.25, 0.3) is 0 Å². The molecule has 0 spiro atoms. The Morgan fingerprint density at radius 2 is 1.83 bits per heavy atom. The molecule has 0 heterocycles. The standard InChI is InChI=1S/C20H28O4/c1-6-9-16-10-11-18(17(13-16)20(22)23-5)24-19(21)14(4)12-15(7-2)8-3/h10-11,13,15H,4,6-9,12H2,1-3,5H3. The topological polar surface area (TPSA) is 52.6 Å². The maximum atomic E-state index is 12.3. The van der Waals surface area contributed by atoms with Crippen LogP contribution in [0, 0.1) is 5.92 Å². The summed E-state index contributed by atoms with van der Waals surface area (Å²) in [7, 11) is 1.31. The van der Waals surface area contributed by atoms with Crippen molar-refractivity contribution in [2.24, 2.45) is 5.92 Å². The van der Waals surface area contributed by atoms with Crippen molar-refractivity contribution >= 4 is 11.9 Å². The van der Waals surface area contributed by atoms with E-state index in [1.54, 1.807) is 12.1 Å². The first-order chi connectivity index (χ1) is 11.5. The Bertz CT molecular complexity index is 585. The van der Waals surface area contributed by atoms with Crippen LogP contribution < -0.4 is 4.74 Å². The summed E-state index contributed by atoms with van der Waals surface area (Å²) in [6, 6.07) is 5.24. The first-order valence-electron chi connectivity index (χ1n) is 8.57. The zero-order valence-electron chi connectivity index (χ0n) is 15.2. The van der Waals surface area contributed by atoms with Crippen LogP contribution >= 0.6 is 0 Å². The summed E-state index contributed by atoms with van der Waals surface area (Å²) in [4.78, 5) is 24.3. The molecule has 0 aliphatic carbocycles. The van der Waals surface area contributed by atoms with Gasteiger partial charge in [-0.2, -0.15) is 0 Å². The van der Waals surface area contributed by atoms with Gasteiger partial charge in [0.1, 0.15) is 11.3 Å². The summed E-state index contributed by atoms with van der Waals surface area (Å²) < 4.78 is 10.2. The molecule has 1 aromatic rings. The third-order valence-corrected chi connectivity index (χ3v) is 4.17. The van der Waals surface area contributed by atoms with Crippen molar-refractivity contribution in [2.75, 3.05) is 7.11 Å². The van der Waals surface area contributed by atoms with E-state index in [0.717, 1.165) is 31.2 Å². The van der Waals surface area contributed by atoms with Crippen LogP contribution in [0.1, 0.15) is 62.4 Å². The van der Waals surface area contributed by atoms with Crippen LogP contribution in [0.4, 0.5) is 0 Å². The van der Waals surface area contributed by atoms with Crippen molar-refractivity contribution in [3.05, 3.63) is 41.5 Å². The highest BCUT2D eigenvalue weighted by Crippen LogP contribution is 2.24. The highest BCUT2D eigenvalue weighted by atomic mass is 16.5. The number of esters is 2. The Labute approximate surface area is 144 Å². The number of aryl methyl sites for hydroxylation is 1. The number of carbonyl (C=O) groups is 2. The van der Waals surface area contributed by atoms with Crippen molar-refractivity contribution in [1.29, 1.82) is 0 Å². The van der Waals surface area contributed by atoms with Crippen LogP contribution in [0.5, 0.6) is 5.75 Å². The van der Waals surface area contributed by atoms with Gasteiger partial charge in [-0.1, -0.05) is 52.7 Å². The molecule has 4 heteroatoms. The molecule has 0 atom stereocenters. The monoisotopic (exact) mass is 332 g/mol. The molecule has 0 saturated carbocycles. The first kappa shape index (κ1) is 19.9. The van der Waals surface area contributed by atoms with Gasteiger partial charge >= 0.3 is 11.9 Å². The van der Waals surface area contributed by atoms with Gasteiger partial charge in [0.15, 0.2) is 0 Å². The maximum absolute atomic E-state index is 12.3. The highest BCUT2D eigenvalue weighted by molar-refractivity contribution is 5.95. The van der Waals surface area contributed by atoms with Gasteiger partial charge in [-0.15, -0.1) is 0 Å². The molecule has 1 rings (SSSR count). The van der Waals surface area contributed by atoms with Gasteiger partial charge in [0.2, 0.25) is 0 Å². The van der Waals surface area contributed by atoms with Gasteiger partial charge in [0, 0.05) is 5.57 Å². The minimum atomic E-state index is -0.513. The quantitative estimate of drug-likeness (QED) is 0.373. The van der Waals surface area contributed by atoms with Crippen LogP contribution in [-0.2, 0) is 16.0 Å². The molecule has 0 unspecified atom stereocenters. The number of ether oxygens (including phenoxy) is 2. The molecule has 0 fully saturated rings. The predicted molar refractivity (Wildman–Crippen MR) is 95.2 cm³/mol. The highest BCUT2D eigenvalue weighted by Gasteiger charge is 2.19. The SMILES string of the molecule is C=C(CC(CC)CC)C(=O)Oc1ccc(CCC)cc1C(=O)OC. The van der Waals surface area contributed by atoms with E-state index in [0.29, 0.717) is 17.9 Å². The lowest BCUT2D eigenvalue weighted by Gasteiger charge is -2.15. The third kappa shape index (κ3) is 5.52. The van der Waals surface area contributed by atoms with Gasteiger partial charge in [0.05, 0.1) is 7.11 Å². The normalized spacial score (nSPS) is 10.5. The largest absolute Gasteiger partial charge is 0.465 e. The third-order valence-electron chi connectivity index (χ3n) is 4.17. The van der Waals surface area contributed by atoms with Gasteiger partial charge < -0.3 is 9.47 Å². The second kappa shape index (κ2) is 9.91. The number of rotatable bonds is 9. The molecule has 0 aliphatic rings. The fraction of sp³-hybridized carbons (Fsp3) is 0.500. The van der Waals surface area contributed by atoms with Gasteiger partial charge in [-0.05, 0) is 36.5 Å². The van der Waals surface area contributed by atoms with Gasteiger partial charge in [-0.25, -0.2) is 9.59 Å². The van der Waals surface area contributed by atoms with Crippen molar-refractivity contribution < 1.29 is 19.1 Å². The van der Waals surface area contributed by atoms with E-state index in [4.69, 9.17) is 9.47 Å². The molecule has 0 aromatic heterocycles. The summed E-state index contributed by atoms with van der Waals surface area (Å²) in [6.07, 6.45) is 4.39. The Hall–Kier alpha value is -2.10. The Balaban J connectivity index is 2.94. The lowest BCUT2D eigenvalue weighted by atomic mass is 9.95. The van der Waals surface area contributed by atoms with Crippen molar-refractivity contribution in [1.82, 2.24) is 0 Å². The predicted octanol–water partition coefficient (Wildman–Crippen LogP) is 4.71. The van der Waals surface area contributed by atoms with E-state index in [1.807, 2.05) is 6.07 Å². The summed E-state index contributed by atoms with van der Waals surface area (Å²) in [6.45, 7) is 10.1. The number of benzene rings is 1. The van der Waals surface area contributed by atoms with Gasteiger partial charge in [-0.3, -0.25) is 0 Å². The van der Waals surface area contributed by atoms with Crippen molar-refractivity contribution in [2.45, 2.75) is 52.9 Å². The van der Waals surface area contributed by atoms with Crippen LogP contribution in [0.3, 0.4) is 0 Å². The molecule has 1 aromatic carbocycles. The smallest absolute Gasteiger partial charge is 0.341 e. The van der Waals surface area contributed by atoms with Crippen LogP contribution in [0.2, 0.25) is 0 Å². The average molecular weight is 332 g/mol. The summed E-state index contributed by atoms with van der Waals surface area (Å²) in [5, 5.41) is 0. The molecule has 0 aliphatic heterocycles. The minimum absolute atomic E-state index is 0.220. The zero-order valence-corrected chi connectivity index (χ0v) is 15.2. The van der Waals surface area contributed by atoms with Crippen molar-refractivity contribution in [3.8, 4) is 5.75 Å². The fourth-order valence-electron chi connectivity index (χ4n) is 2.56. The molecule has 24 heavy (non-hydrogen) atoms. The van der Waals surface area contributed by atoms with E-state index in [9.17, 15) is 9.59 Å². The lowest BCUT2D eigenvalue weighted by Crippen LogP contribution is -2.16. The second-order valence-corrected chi connectivity index (χ2v) is 5.95. The molecule has 132 valence electrons. The number of hydrogen-bond acceptors (Lipinski definition) is 4. The van der Waals surface area contributed by atoms with E-state index in [2.05, 4.69) is 27.4 Å². The Kier molecular flexibility index (Phi) is 8.24. The molecular weight excluding hydrogens is 304 g/mol. The van der Waals surface area contributed by atoms with Crippen molar-refractivity contribution in [3.63, 3.8) is 0 Å². The molecule has 0 radical (unpaired) electrons. The fourth-order valence-corrected chi connectivity index (χ4v) is 2.56. The molecule has 0 amide bonds. The van der Waals surface area contributed by atoms with E-state index >= 15 is 0 Å². The Morgan fingerprint density at radius 1 is 1.17 bits per heavy atom. The van der Waals surface area contributed by atoms with Crippen LogP contribution in [0.15, 0.2) is 30.4 Å². The van der Waals surface area contributed by atoms with E-state index in [1.165, 1.54) is 7.11 Å².